The fourth-order valence-electron chi connectivity index (χ4n) is 1.67. The van der Waals surface area contributed by atoms with E-state index in [1.807, 2.05) is 0 Å². The molecule has 0 aromatic heterocycles. The number of anilines is 1. The summed E-state index contributed by atoms with van der Waals surface area (Å²) in [6.07, 6.45) is 0. The monoisotopic (exact) mass is 313 g/mol. The number of hydrogen-bond donors (Lipinski definition) is 1. The third kappa shape index (κ3) is 4.02. The zero-order valence-electron chi connectivity index (χ0n) is 13.4. The Morgan fingerprint density at radius 2 is 1.82 bits per heavy atom. The van der Waals surface area contributed by atoms with Crippen LogP contribution in [0.3, 0.4) is 0 Å². The smallest absolute Gasteiger partial charge is 0.382 e. The van der Waals surface area contributed by atoms with Crippen LogP contribution in [0.2, 0.25) is 0 Å². The average Bonchev–Trinajstić information content (AvgIpc) is 2.39. The number of ether oxygens (including phenoxy) is 1. The number of aryl methyl sites for hydroxylation is 1. The lowest BCUT2D eigenvalue weighted by atomic mass is 9.95. The van der Waals surface area contributed by atoms with Gasteiger partial charge in [-0.15, -0.1) is 0 Å². The van der Waals surface area contributed by atoms with Crippen LogP contribution in [0.1, 0.15) is 38.8 Å². The molecule has 1 amide bonds. The third-order valence-corrected chi connectivity index (χ3v) is 2.97. The van der Waals surface area contributed by atoms with Crippen LogP contribution < -0.4 is 5.32 Å². The van der Waals surface area contributed by atoms with E-state index in [0.29, 0.717) is 5.56 Å². The van der Waals surface area contributed by atoms with Gasteiger partial charge in [-0.05, 0) is 26.0 Å². The largest absolute Gasteiger partial charge is 0.461 e. The summed E-state index contributed by atoms with van der Waals surface area (Å²) in [6.45, 7) is 7.93. The second kappa shape index (κ2) is 6.42. The van der Waals surface area contributed by atoms with Gasteiger partial charge in [-0.25, -0.2) is 4.79 Å². The van der Waals surface area contributed by atoms with Gasteiger partial charge in [0.2, 0.25) is 5.91 Å². The molecule has 0 radical (unpaired) electrons. The van der Waals surface area contributed by atoms with Gasteiger partial charge in [-0.3, -0.25) is 4.79 Å². The summed E-state index contributed by atoms with van der Waals surface area (Å²) in [5, 5.41) is 2.45. The molecular weight excluding hydrogens is 292 g/mol. The van der Waals surface area contributed by atoms with E-state index < -0.39 is 28.8 Å². The van der Waals surface area contributed by atoms with Crippen molar-refractivity contribution in [1.82, 2.24) is 0 Å². The molecule has 0 unspecified atom stereocenters. The van der Waals surface area contributed by atoms with E-state index in [1.54, 1.807) is 33.8 Å². The zero-order valence-corrected chi connectivity index (χ0v) is 13.4. The molecule has 0 spiro atoms. The van der Waals surface area contributed by atoms with E-state index >= 15 is 0 Å². The maximum Gasteiger partial charge on any atom is 0.382 e. The van der Waals surface area contributed by atoms with Gasteiger partial charge in [0, 0.05) is 5.41 Å². The van der Waals surface area contributed by atoms with Gasteiger partial charge >= 0.3 is 11.9 Å². The van der Waals surface area contributed by atoms with E-state index in [1.165, 1.54) is 19.1 Å². The quantitative estimate of drug-likeness (QED) is 0.864. The Morgan fingerprint density at radius 3 is 2.32 bits per heavy atom. The Morgan fingerprint density at radius 1 is 1.23 bits per heavy atom. The van der Waals surface area contributed by atoms with E-state index in [-0.39, 0.29) is 12.3 Å². The van der Waals surface area contributed by atoms with Crippen molar-refractivity contribution in [2.75, 3.05) is 11.9 Å². The molecule has 0 aliphatic carbocycles. The predicted octanol–water partition coefficient (Wildman–Crippen LogP) is 3.63. The summed E-state index contributed by atoms with van der Waals surface area (Å²) in [4.78, 5) is 23.5. The predicted molar refractivity (Wildman–Crippen MR) is 79.8 cm³/mol. The second-order valence-corrected chi connectivity index (χ2v) is 6.05. The Labute approximate surface area is 128 Å². The molecule has 1 aromatic rings. The van der Waals surface area contributed by atoms with Crippen molar-refractivity contribution in [1.29, 1.82) is 0 Å². The number of carbonyl (C=O) groups excluding carboxylic acids is 2. The van der Waals surface area contributed by atoms with Crippen LogP contribution in [-0.4, -0.2) is 18.5 Å². The first kappa shape index (κ1) is 18.1. The van der Waals surface area contributed by atoms with Crippen molar-refractivity contribution in [2.45, 2.75) is 40.5 Å². The number of amides is 1. The molecular formula is C16H21F2NO3. The highest BCUT2D eigenvalue weighted by atomic mass is 19.3. The highest BCUT2D eigenvalue weighted by Gasteiger charge is 2.45. The molecule has 4 nitrogen and oxygen atoms in total. The van der Waals surface area contributed by atoms with E-state index in [0.717, 1.165) is 0 Å². The normalized spacial score (nSPS) is 12.0. The summed E-state index contributed by atoms with van der Waals surface area (Å²) in [6, 6.07) is 4.12. The first-order valence-corrected chi connectivity index (χ1v) is 6.97. The Bertz CT molecular complexity index is 577. The minimum Gasteiger partial charge on any atom is -0.461 e. The van der Waals surface area contributed by atoms with Crippen molar-refractivity contribution < 1.29 is 23.1 Å². The van der Waals surface area contributed by atoms with Gasteiger partial charge in [0.25, 0.3) is 0 Å². The van der Waals surface area contributed by atoms with Crippen molar-refractivity contribution in [3.63, 3.8) is 0 Å². The lowest BCUT2D eigenvalue weighted by Crippen LogP contribution is -2.32. The zero-order chi connectivity index (χ0) is 17.1. The van der Waals surface area contributed by atoms with Crippen molar-refractivity contribution in [3.8, 4) is 0 Å². The van der Waals surface area contributed by atoms with Gasteiger partial charge in [0.05, 0.1) is 17.9 Å². The first-order valence-electron chi connectivity index (χ1n) is 6.97. The molecule has 1 aromatic carbocycles. The molecule has 0 saturated carbocycles. The molecule has 0 aliphatic rings. The molecule has 0 aliphatic heterocycles. The summed E-state index contributed by atoms with van der Waals surface area (Å²) in [5.41, 5.74) is -0.860. The van der Waals surface area contributed by atoms with Crippen LogP contribution >= 0.6 is 0 Å². The van der Waals surface area contributed by atoms with Crippen LogP contribution in [0.4, 0.5) is 14.5 Å². The lowest BCUT2D eigenvalue weighted by Gasteiger charge is -2.22. The van der Waals surface area contributed by atoms with Crippen molar-refractivity contribution >= 4 is 17.6 Å². The first-order chi connectivity index (χ1) is 10.00. The molecule has 122 valence electrons. The highest BCUT2D eigenvalue weighted by Crippen LogP contribution is 2.36. The molecule has 1 N–H and O–H groups in total. The summed E-state index contributed by atoms with van der Waals surface area (Å²) in [5.74, 6) is -5.88. The van der Waals surface area contributed by atoms with Gasteiger partial charge in [-0.2, -0.15) is 8.78 Å². The van der Waals surface area contributed by atoms with E-state index in [9.17, 15) is 18.4 Å². The fraction of sp³-hybridized carbons (Fsp3) is 0.500. The van der Waals surface area contributed by atoms with Gasteiger partial charge < -0.3 is 10.1 Å². The Kier molecular flexibility index (Phi) is 5.27. The molecule has 0 bridgehead atoms. The van der Waals surface area contributed by atoms with Crippen LogP contribution in [0, 0.1) is 12.3 Å². The fourth-order valence-corrected chi connectivity index (χ4v) is 1.67. The Hall–Kier alpha value is -1.98. The average molecular weight is 313 g/mol. The standard InChI is InChI=1S/C16H21F2NO3/c1-6-22-14(21)16(17,18)11-9-10(2)7-8-12(11)19-13(20)15(3,4)5/h7-9H,6H2,1-5H3,(H,19,20). The number of benzene rings is 1. The molecule has 0 fully saturated rings. The topological polar surface area (TPSA) is 55.4 Å². The SMILES string of the molecule is CCOC(=O)C(F)(F)c1cc(C)ccc1NC(=O)C(C)(C)C. The minimum absolute atomic E-state index is 0.0939. The van der Waals surface area contributed by atoms with Crippen LogP contribution in [-0.2, 0) is 20.2 Å². The molecule has 22 heavy (non-hydrogen) atoms. The number of esters is 1. The highest BCUT2D eigenvalue weighted by molar-refractivity contribution is 5.96. The van der Waals surface area contributed by atoms with E-state index in [2.05, 4.69) is 10.1 Å². The number of rotatable bonds is 4. The summed E-state index contributed by atoms with van der Waals surface area (Å²) >= 11 is 0. The number of nitrogens with one attached hydrogen (secondary N) is 1. The molecule has 6 heteroatoms. The minimum atomic E-state index is -3.83. The van der Waals surface area contributed by atoms with Crippen molar-refractivity contribution in [2.24, 2.45) is 5.41 Å². The second-order valence-electron chi connectivity index (χ2n) is 6.05. The third-order valence-electron chi connectivity index (χ3n) is 2.97. The van der Waals surface area contributed by atoms with Gasteiger partial charge in [0.15, 0.2) is 0 Å². The Balaban J connectivity index is 3.27. The number of carbonyl (C=O) groups is 2. The molecule has 1 rings (SSSR count). The van der Waals surface area contributed by atoms with Crippen LogP contribution in [0.15, 0.2) is 18.2 Å². The number of halogens is 2. The molecule has 0 heterocycles. The number of hydrogen-bond acceptors (Lipinski definition) is 3. The van der Waals surface area contributed by atoms with Gasteiger partial charge in [-0.1, -0.05) is 32.4 Å². The maximum absolute atomic E-state index is 14.3. The number of alkyl halides is 2. The maximum atomic E-state index is 14.3. The van der Waals surface area contributed by atoms with Crippen LogP contribution in [0.5, 0.6) is 0 Å². The van der Waals surface area contributed by atoms with E-state index in [4.69, 9.17) is 0 Å². The summed E-state index contributed by atoms with van der Waals surface area (Å²) in [7, 11) is 0. The lowest BCUT2D eigenvalue weighted by molar-refractivity contribution is -0.173. The van der Waals surface area contributed by atoms with Crippen molar-refractivity contribution in [3.05, 3.63) is 29.3 Å². The van der Waals surface area contributed by atoms with Crippen LogP contribution in [0.25, 0.3) is 0 Å². The molecule has 0 atom stereocenters. The molecule has 0 saturated heterocycles. The van der Waals surface area contributed by atoms with Gasteiger partial charge in [0.1, 0.15) is 0 Å². The summed E-state index contributed by atoms with van der Waals surface area (Å²) < 4.78 is 33.0.